The van der Waals surface area contributed by atoms with Gasteiger partial charge in [-0.2, -0.15) is 0 Å². The lowest BCUT2D eigenvalue weighted by molar-refractivity contribution is 0.145. The fourth-order valence-electron chi connectivity index (χ4n) is 1.96. The van der Waals surface area contributed by atoms with Crippen molar-refractivity contribution < 1.29 is 9.90 Å². The van der Waals surface area contributed by atoms with Crippen LogP contribution in [0.15, 0.2) is 23.7 Å². The Labute approximate surface area is 101 Å². The summed E-state index contributed by atoms with van der Waals surface area (Å²) in [5.41, 5.74) is 4.81. The predicted octanol–water partition coefficient (Wildman–Crippen LogP) is 2.20. The van der Waals surface area contributed by atoms with E-state index in [9.17, 15) is 4.79 Å². The Morgan fingerprint density at radius 1 is 1.35 bits per heavy atom. The molecule has 1 aromatic carbocycles. The van der Waals surface area contributed by atoms with Crippen molar-refractivity contribution in [2.45, 2.75) is 13.1 Å². The third kappa shape index (κ3) is 1.76. The van der Waals surface area contributed by atoms with E-state index in [1.54, 1.807) is 5.51 Å². The monoisotopic (exact) mass is 247 g/mol. The second-order valence-electron chi connectivity index (χ2n) is 3.87. The Morgan fingerprint density at radius 2 is 2.18 bits per heavy atom. The van der Waals surface area contributed by atoms with E-state index in [1.165, 1.54) is 16.2 Å². The summed E-state index contributed by atoms with van der Waals surface area (Å²) < 4.78 is 0. The second-order valence-corrected chi connectivity index (χ2v) is 4.70. The highest BCUT2D eigenvalue weighted by molar-refractivity contribution is 7.12. The fraction of sp³-hybridized carbons (Fsp3) is 0.182. The van der Waals surface area contributed by atoms with Crippen molar-refractivity contribution >= 4 is 17.4 Å². The molecule has 1 amide bonds. The Morgan fingerprint density at radius 3 is 2.88 bits per heavy atom. The molecule has 0 fully saturated rings. The van der Waals surface area contributed by atoms with E-state index in [4.69, 9.17) is 5.11 Å². The highest BCUT2D eigenvalue weighted by atomic mass is 32.1. The first kappa shape index (κ1) is 10.2. The lowest BCUT2D eigenvalue weighted by atomic mass is 10.1. The molecule has 1 N–H and O–H groups in total. The number of hydrogen-bond acceptors (Lipinski definition) is 4. The molecule has 17 heavy (non-hydrogen) atoms. The molecule has 86 valence electrons. The number of carbonyl (C=O) groups is 1. The minimum Gasteiger partial charge on any atom is -0.465 e. The summed E-state index contributed by atoms with van der Waals surface area (Å²) in [7, 11) is 0. The summed E-state index contributed by atoms with van der Waals surface area (Å²) >= 11 is 1.48. The number of aromatic nitrogens is 2. The van der Waals surface area contributed by atoms with Crippen LogP contribution < -0.4 is 0 Å². The number of benzene rings is 1. The van der Waals surface area contributed by atoms with Crippen molar-refractivity contribution in [2.75, 3.05) is 0 Å². The van der Waals surface area contributed by atoms with Crippen LogP contribution in [0.2, 0.25) is 0 Å². The molecule has 0 saturated heterocycles. The summed E-state index contributed by atoms with van der Waals surface area (Å²) in [6.45, 7) is 0.929. The van der Waals surface area contributed by atoms with Crippen LogP contribution in [0, 0.1) is 0 Å². The summed E-state index contributed by atoms with van der Waals surface area (Å²) in [5, 5.41) is 17.6. The molecule has 6 heteroatoms. The van der Waals surface area contributed by atoms with E-state index in [0.717, 1.165) is 21.7 Å². The van der Waals surface area contributed by atoms with Crippen molar-refractivity contribution in [3.05, 3.63) is 34.8 Å². The smallest absolute Gasteiger partial charge is 0.407 e. The Balaban J connectivity index is 1.95. The Bertz CT molecular complexity index is 568. The van der Waals surface area contributed by atoms with E-state index >= 15 is 0 Å². The highest BCUT2D eigenvalue weighted by Gasteiger charge is 2.23. The zero-order chi connectivity index (χ0) is 11.8. The van der Waals surface area contributed by atoms with Gasteiger partial charge in [-0.15, -0.1) is 10.2 Å². The van der Waals surface area contributed by atoms with Gasteiger partial charge in [0, 0.05) is 18.7 Å². The molecule has 0 atom stereocenters. The molecule has 0 saturated carbocycles. The first-order valence-corrected chi connectivity index (χ1v) is 5.98. The molecule has 1 aliphatic heterocycles. The summed E-state index contributed by atoms with van der Waals surface area (Å²) in [4.78, 5) is 12.3. The van der Waals surface area contributed by atoms with Gasteiger partial charge < -0.3 is 5.11 Å². The van der Waals surface area contributed by atoms with E-state index in [2.05, 4.69) is 10.2 Å². The first-order valence-electron chi connectivity index (χ1n) is 5.10. The van der Waals surface area contributed by atoms with Gasteiger partial charge in [-0.25, -0.2) is 4.79 Å². The largest absolute Gasteiger partial charge is 0.465 e. The molecule has 0 bridgehead atoms. The van der Waals surface area contributed by atoms with Crippen LogP contribution in [0.25, 0.3) is 10.6 Å². The molecular weight excluding hydrogens is 238 g/mol. The minimum atomic E-state index is -0.876. The van der Waals surface area contributed by atoms with Crippen LogP contribution in [-0.4, -0.2) is 26.3 Å². The third-order valence-corrected chi connectivity index (χ3v) is 3.55. The van der Waals surface area contributed by atoms with Crippen LogP contribution in [-0.2, 0) is 13.1 Å². The van der Waals surface area contributed by atoms with E-state index in [-0.39, 0.29) is 0 Å². The number of nitrogens with zero attached hydrogens (tertiary/aromatic N) is 3. The summed E-state index contributed by atoms with van der Waals surface area (Å²) in [5.74, 6) is 0. The van der Waals surface area contributed by atoms with E-state index < -0.39 is 6.09 Å². The van der Waals surface area contributed by atoms with Gasteiger partial charge in [0.2, 0.25) is 0 Å². The van der Waals surface area contributed by atoms with Gasteiger partial charge in [-0.3, -0.25) is 4.90 Å². The molecule has 1 aliphatic rings. The predicted molar refractivity (Wildman–Crippen MR) is 62.6 cm³/mol. The van der Waals surface area contributed by atoms with Crippen LogP contribution in [0.1, 0.15) is 11.1 Å². The third-order valence-electron chi connectivity index (χ3n) is 2.81. The molecule has 0 unspecified atom stereocenters. The molecule has 2 aromatic rings. The Hall–Kier alpha value is -1.95. The number of amides is 1. The highest BCUT2D eigenvalue weighted by Crippen LogP contribution is 2.28. The standard InChI is InChI=1S/C11H9N3O2S/c15-11(16)14-4-8-2-1-7(3-9(8)5-14)10-13-12-6-17-10/h1-3,6H,4-5H2,(H,15,16). The normalized spacial score (nSPS) is 13.8. The average molecular weight is 247 g/mol. The van der Waals surface area contributed by atoms with Gasteiger partial charge in [-0.05, 0) is 17.2 Å². The molecule has 2 heterocycles. The number of fused-ring (bicyclic) bond motifs is 1. The van der Waals surface area contributed by atoms with Gasteiger partial charge >= 0.3 is 6.09 Å². The van der Waals surface area contributed by atoms with Crippen molar-refractivity contribution in [2.24, 2.45) is 0 Å². The molecule has 0 aliphatic carbocycles. The van der Waals surface area contributed by atoms with Gasteiger partial charge in [0.25, 0.3) is 0 Å². The Kier molecular flexibility index (Phi) is 2.29. The number of hydrogen-bond donors (Lipinski definition) is 1. The maximum Gasteiger partial charge on any atom is 0.407 e. The van der Waals surface area contributed by atoms with Crippen LogP contribution in [0.3, 0.4) is 0 Å². The van der Waals surface area contributed by atoms with Gasteiger partial charge in [-0.1, -0.05) is 23.5 Å². The number of rotatable bonds is 1. The van der Waals surface area contributed by atoms with Crippen LogP contribution in [0.4, 0.5) is 4.79 Å². The molecule has 5 nitrogen and oxygen atoms in total. The van der Waals surface area contributed by atoms with E-state index in [1.807, 2.05) is 18.2 Å². The average Bonchev–Trinajstić information content (AvgIpc) is 2.97. The minimum absolute atomic E-state index is 0.456. The van der Waals surface area contributed by atoms with Gasteiger partial charge in [0.15, 0.2) is 0 Å². The SMILES string of the molecule is O=C(O)N1Cc2ccc(-c3nncs3)cc2C1. The quantitative estimate of drug-likeness (QED) is 0.838. The van der Waals surface area contributed by atoms with Gasteiger partial charge in [0.1, 0.15) is 10.5 Å². The molecular formula is C11H9N3O2S. The molecule has 0 radical (unpaired) electrons. The van der Waals surface area contributed by atoms with Crippen molar-refractivity contribution in [3.8, 4) is 10.6 Å². The first-order chi connectivity index (χ1) is 8.24. The summed E-state index contributed by atoms with van der Waals surface area (Å²) in [6.07, 6.45) is -0.876. The summed E-state index contributed by atoms with van der Waals surface area (Å²) in [6, 6.07) is 5.93. The lowest BCUT2D eigenvalue weighted by Gasteiger charge is -2.08. The lowest BCUT2D eigenvalue weighted by Crippen LogP contribution is -2.22. The maximum atomic E-state index is 10.9. The fourth-order valence-corrected chi connectivity index (χ4v) is 2.51. The second kappa shape index (κ2) is 3.81. The molecule has 0 spiro atoms. The van der Waals surface area contributed by atoms with Crippen molar-refractivity contribution in [3.63, 3.8) is 0 Å². The number of carboxylic acid groups (broad SMARTS) is 1. The topological polar surface area (TPSA) is 66.3 Å². The van der Waals surface area contributed by atoms with Crippen molar-refractivity contribution in [1.29, 1.82) is 0 Å². The molecule has 3 rings (SSSR count). The zero-order valence-electron chi connectivity index (χ0n) is 8.83. The maximum absolute atomic E-state index is 10.9. The molecule has 1 aromatic heterocycles. The van der Waals surface area contributed by atoms with Crippen LogP contribution in [0.5, 0.6) is 0 Å². The van der Waals surface area contributed by atoms with E-state index in [0.29, 0.717) is 13.1 Å². The van der Waals surface area contributed by atoms with Crippen LogP contribution >= 0.6 is 11.3 Å². The van der Waals surface area contributed by atoms with Gasteiger partial charge in [0.05, 0.1) is 0 Å². The van der Waals surface area contributed by atoms with Crippen molar-refractivity contribution in [1.82, 2.24) is 15.1 Å². The zero-order valence-corrected chi connectivity index (χ0v) is 9.65.